The molecule has 0 unspecified atom stereocenters. The molecule has 0 aliphatic carbocycles. The molecule has 1 aromatic carbocycles. The number of carbonyl (C=O) groups excluding carboxylic acids is 1. The van der Waals surface area contributed by atoms with E-state index in [1.165, 1.54) is 19.1 Å². The van der Waals surface area contributed by atoms with Crippen LogP contribution in [-0.4, -0.2) is 17.0 Å². The van der Waals surface area contributed by atoms with Crippen molar-refractivity contribution in [2.45, 2.75) is 6.92 Å². The van der Waals surface area contributed by atoms with Gasteiger partial charge in [-0.05, 0) is 31.2 Å². The van der Waals surface area contributed by atoms with Gasteiger partial charge in [-0.25, -0.2) is 9.18 Å². The van der Waals surface area contributed by atoms with Gasteiger partial charge in [0.1, 0.15) is 11.4 Å². The van der Waals surface area contributed by atoms with Gasteiger partial charge < -0.3 is 16.2 Å². The number of halogens is 1. The summed E-state index contributed by atoms with van der Waals surface area (Å²) >= 11 is 0. The summed E-state index contributed by atoms with van der Waals surface area (Å²) in [4.78, 5) is 22.3. The van der Waals surface area contributed by atoms with Gasteiger partial charge in [-0.3, -0.25) is 4.79 Å². The fourth-order valence-electron chi connectivity index (χ4n) is 1.17. The first-order chi connectivity index (χ1) is 7.91. The van der Waals surface area contributed by atoms with Crippen LogP contribution in [0.2, 0.25) is 0 Å². The quantitative estimate of drug-likeness (QED) is 0.417. The van der Waals surface area contributed by atoms with Gasteiger partial charge in [0, 0.05) is 11.4 Å². The summed E-state index contributed by atoms with van der Waals surface area (Å²) in [6, 6.07) is 4.93. The zero-order chi connectivity index (χ0) is 13.0. The van der Waals surface area contributed by atoms with E-state index in [1.807, 2.05) is 0 Å². The molecular formula is C11H11FN2O3. The Morgan fingerprint density at radius 3 is 2.24 bits per heavy atom. The molecule has 1 aromatic rings. The van der Waals surface area contributed by atoms with E-state index >= 15 is 0 Å². The third-order valence-corrected chi connectivity index (χ3v) is 1.94. The van der Waals surface area contributed by atoms with Crippen LogP contribution in [0, 0.1) is 5.82 Å². The van der Waals surface area contributed by atoms with Crippen molar-refractivity contribution in [3.63, 3.8) is 0 Å². The summed E-state index contributed by atoms with van der Waals surface area (Å²) in [7, 11) is 0. The van der Waals surface area contributed by atoms with E-state index in [4.69, 9.17) is 10.8 Å². The van der Waals surface area contributed by atoms with E-state index in [0.29, 0.717) is 0 Å². The largest absolute Gasteiger partial charge is 0.477 e. The number of carboxylic acid groups (broad SMARTS) is 1. The molecule has 0 aliphatic rings. The SMILES string of the molecule is C/C(N)=C(/C(=O)O)C(=O)Nc1ccc(F)cc1. The molecule has 6 heteroatoms. The van der Waals surface area contributed by atoms with Crippen molar-refractivity contribution in [2.24, 2.45) is 5.73 Å². The lowest BCUT2D eigenvalue weighted by molar-refractivity contribution is -0.134. The summed E-state index contributed by atoms with van der Waals surface area (Å²) < 4.78 is 12.6. The van der Waals surface area contributed by atoms with Gasteiger partial charge in [0.2, 0.25) is 0 Å². The number of anilines is 1. The van der Waals surface area contributed by atoms with Gasteiger partial charge in [-0.2, -0.15) is 0 Å². The Balaban J connectivity index is 2.89. The number of carbonyl (C=O) groups is 2. The maximum atomic E-state index is 12.6. The minimum absolute atomic E-state index is 0.0999. The second-order valence-corrected chi connectivity index (χ2v) is 3.32. The zero-order valence-electron chi connectivity index (χ0n) is 9.03. The number of hydrogen-bond donors (Lipinski definition) is 3. The van der Waals surface area contributed by atoms with Crippen molar-refractivity contribution in [1.82, 2.24) is 0 Å². The lowest BCUT2D eigenvalue weighted by Gasteiger charge is -2.06. The van der Waals surface area contributed by atoms with Crippen LogP contribution in [-0.2, 0) is 9.59 Å². The molecule has 4 N–H and O–H groups in total. The van der Waals surface area contributed by atoms with E-state index in [9.17, 15) is 14.0 Å². The monoisotopic (exact) mass is 238 g/mol. The number of benzene rings is 1. The van der Waals surface area contributed by atoms with Gasteiger partial charge in [0.15, 0.2) is 0 Å². The second kappa shape index (κ2) is 5.11. The van der Waals surface area contributed by atoms with Crippen LogP contribution < -0.4 is 11.1 Å². The van der Waals surface area contributed by atoms with Gasteiger partial charge in [-0.1, -0.05) is 0 Å². The summed E-state index contributed by atoms with van der Waals surface area (Å²) in [6.45, 7) is 1.31. The highest BCUT2D eigenvalue weighted by molar-refractivity contribution is 6.20. The van der Waals surface area contributed by atoms with Crippen molar-refractivity contribution in [3.8, 4) is 0 Å². The number of aliphatic carboxylic acids is 1. The molecule has 0 atom stereocenters. The molecule has 0 fully saturated rings. The summed E-state index contributed by atoms with van der Waals surface area (Å²) in [5.41, 5.74) is 4.95. The molecule has 0 aromatic heterocycles. The third kappa shape index (κ3) is 3.30. The molecule has 0 aliphatic heterocycles. The number of rotatable bonds is 3. The lowest BCUT2D eigenvalue weighted by Crippen LogP contribution is -2.23. The lowest BCUT2D eigenvalue weighted by atomic mass is 10.2. The van der Waals surface area contributed by atoms with Crippen LogP contribution in [0.3, 0.4) is 0 Å². The topological polar surface area (TPSA) is 92.4 Å². The molecule has 1 amide bonds. The maximum Gasteiger partial charge on any atom is 0.343 e. The molecule has 1 rings (SSSR count). The van der Waals surface area contributed by atoms with Crippen molar-refractivity contribution in [2.75, 3.05) is 5.32 Å². The summed E-state index contributed by atoms with van der Waals surface area (Å²) in [5, 5.41) is 11.1. The Bertz CT molecular complexity index is 476. The van der Waals surface area contributed by atoms with Gasteiger partial charge >= 0.3 is 5.97 Å². The molecule has 0 radical (unpaired) electrons. The first kappa shape index (κ1) is 12.7. The van der Waals surface area contributed by atoms with E-state index in [1.54, 1.807) is 0 Å². The molecule has 0 heterocycles. The highest BCUT2D eigenvalue weighted by atomic mass is 19.1. The normalized spacial score (nSPS) is 11.6. The molecule has 0 bridgehead atoms. The molecule has 5 nitrogen and oxygen atoms in total. The minimum Gasteiger partial charge on any atom is -0.477 e. The average Bonchev–Trinajstić information content (AvgIpc) is 2.20. The van der Waals surface area contributed by atoms with Gasteiger partial charge in [0.25, 0.3) is 5.91 Å². The number of allylic oxidation sites excluding steroid dienone is 1. The van der Waals surface area contributed by atoms with Crippen LogP contribution in [0.5, 0.6) is 0 Å². The standard InChI is InChI=1S/C11H11FN2O3/c1-6(13)9(11(16)17)10(15)14-8-4-2-7(12)3-5-8/h2-5H,13H2,1H3,(H,14,15)(H,16,17)/b9-6-. The molecule has 0 saturated heterocycles. The predicted molar refractivity (Wildman–Crippen MR) is 59.6 cm³/mol. The smallest absolute Gasteiger partial charge is 0.343 e. The molecule has 17 heavy (non-hydrogen) atoms. The van der Waals surface area contributed by atoms with Gasteiger partial charge in [0.05, 0.1) is 0 Å². The van der Waals surface area contributed by atoms with Crippen LogP contribution >= 0.6 is 0 Å². The number of nitrogens with two attached hydrogens (primary N) is 1. The van der Waals surface area contributed by atoms with Crippen molar-refractivity contribution >= 4 is 17.6 Å². The van der Waals surface area contributed by atoms with Crippen molar-refractivity contribution in [1.29, 1.82) is 0 Å². The summed E-state index contributed by atoms with van der Waals surface area (Å²) in [5.74, 6) is -2.71. The minimum atomic E-state index is -1.41. The van der Waals surface area contributed by atoms with E-state index < -0.39 is 23.3 Å². The first-order valence-electron chi connectivity index (χ1n) is 4.68. The zero-order valence-corrected chi connectivity index (χ0v) is 9.03. The van der Waals surface area contributed by atoms with Crippen LogP contribution in [0.1, 0.15) is 6.92 Å². The third-order valence-electron chi connectivity index (χ3n) is 1.94. The first-order valence-corrected chi connectivity index (χ1v) is 4.68. The van der Waals surface area contributed by atoms with Crippen molar-refractivity contribution < 1.29 is 19.1 Å². The molecule has 0 spiro atoms. The highest BCUT2D eigenvalue weighted by Crippen LogP contribution is 2.10. The fraction of sp³-hybridized carbons (Fsp3) is 0.0909. The Hall–Kier alpha value is -2.37. The number of amides is 1. The maximum absolute atomic E-state index is 12.6. The molecule has 90 valence electrons. The van der Waals surface area contributed by atoms with Crippen LogP contribution in [0.15, 0.2) is 35.5 Å². The fourth-order valence-corrected chi connectivity index (χ4v) is 1.17. The van der Waals surface area contributed by atoms with Gasteiger partial charge in [-0.15, -0.1) is 0 Å². The highest BCUT2D eigenvalue weighted by Gasteiger charge is 2.19. The Kier molecular flexibility index (Phi) is 3.82. The number of carboxylic acids is 1. The molecule has 0 saturated carbocycles. The van der Waals surface area contributed by atoms with Crippen LogP contribution in [0.4, 0.5) is 10.1 Å². The summed E-state index contributed by atoms with van der Waals surface area (Å²) in [6.07, 6.45) is 0. The van der Waals surface area contributed by atoms with Crippen molar-refractivity contribution in [3.05, 3.63) is 41.4 Å². The van der Waals surface area contributed by atoms with Crippen LogP contribution in [0.25, 0.3) is 0 Å². The van der Waals surface area contributed by atoms with E-state index in [0.717, 1.165) is 12.1 Å². The van der Waals surface area contributed by atoms with E-state index in [2.05, 4.69) is 5.32 Å². The number of nitrogens with one attached hydrogen (secondary N) is 1. The Labute approximate surface area is 96.7 Å². The Morgan fingerprint density at radius 2 is 1.82 bits per heavy atom. The number of hydrogen-bond acceptors (Lipinski definition) is 3. The van der Waals surface area contributed by atoms with E-state index in [-0.39, 0.29) is 11.4 Å². The second-order valence-electron chi connectivity index (χ2n) is 3.32. The Morgan fingerprint density at radius 1 is 1.29 bits per heavy atom. The predicted octanol–water partition coefficient (Wildman–Crippen LogP) is 1.08. The molecular weight excluding hydrogens is 227 g/mol. The average molecular weight is 238 g/mol.